The number of H-pyrrole nitrogens is 2. The summed E-state index contributed by atoms with van der Waals surface area (Å²) in [6.07, 6.45) is 6.33. The third-order valence-corrected chi connectivity index (χ3v) is 6.40. The fourth-order valence-corrected chi connectivity index (χ4v) is 4.98. The lowest BCUT2D eigenvalue weighted by Crippen LogP contribution is -2.34. The molecular formula is C24H28N4O2. The summed E-state index contributed by atoms with van der Waals surface area (Å²) in [5, 5.41) is 14.7. The number of para-hydroxylation sites is 1. The molecule has 3 heterocycles. The van der Waals surface area contributed by atoms with Crippen LogP contribution in [-0.2, 0) is 6.42 Å². The van der Waals surface area contributed by atoms with Crippen LogP contribution in [0.5, 0.6) is 5.88 Å². The first-order valence-corrected chi connectivity index (χ1v) is 10.9. The van der Waals surface area contributed by atoms with Gasteiger partial charge in [-0.05, 0) is 57.3 Å². The van der Waals surface area contributed by atoms with Crippen molar-refractivity contribution < 1.29 is 9.90 Å². The zero-order chi connectivity index (χ0) is 20.7. The number of fused-ring (bicyclic) bond motifs is 2. The Morgan fingerprint density at radius 2 is 2.00 bits per heavy atom. The van der Waals surface area contributed by atoms with E-state index in [-0.39, 0.29) is 11.8 Å². The summed E-state index contributed by atoms with van der Waals surface area (Å²) >= 11 is 0. The fourth-order valence-electron chi connectivity index (χ4n) is 4.98. The molecule has 1 amide bonds. The second kappa shape index (κ2) is 7.69. The number of aromatic hydroxyl groups is 1. The first-order valence-electron chi connectivity index (χ1n) is 10.9. The van der Waals surface area contributed by atoms with E-state index >= 15 is 0 Å². The quantitative estimate of drug-likeness (QED) is 0.523. The van der Waals surface area contributed by atoms with Crippen LogP contribution in [0, 0.1) is 6.92 Å². The van der Waals surface area contributed by atoms with Gasteiger partial charge in [0.15, 0.2) is 5.88 Å². The van der Waals surface area contributed by atoms with E-state index in [1.807, 2.05) is 31.2 Å². The van der Waals surface area contributed by atoms with Gasteiger partial charge in [0.25, 0.3) is 5.91 Å². The largest absolute Gasteiger partial charge is 0.494 e. The van der Waals surface area contributed by atoms with Gasteiger partial charge in [-0.3, -0.25) is 4.79 Å². The lowest BCUT2D eigenvalue weighted by atomic mass is 9.89. The zero-order valence-corrected chi connectivity index (χ0v) is 17.3. The molecule has 0 radical (unpaired) electrons. The number of allylic oxidation sites excluding steroid dienone is 1. The Kier molecular flexibility index (Phi) is 4.87. The minimum Gasteiger partial charge on any atom is -0.494 e. The van der Waals surface area contributed by atoms with Crippen molar-refractivity contribution in [1.82, 2.24) is 20.2 Å². The summed E-state index contributed by atoms with van der Waals surface area (Å²) in [4.78, 5) is 21.9. The summed E-state index contributed by atoms with van der Waals surface area (Å²) in [5.74, 6) is 0.160. The number of aryl methyl sites for hydroxylation is 1. The van der Waals surface area contributed by atoms with E-state index in [1.54, 1.807) is 0 Å². The van der Waals surface area contributed by atoms with Crippen LogP contribution in [0.2, 0.25) is 0 Å². The number of likely N-dealkylation sites (tertiary alicyclic amines) is 1. The third kappa shape index (κ3) is 3.21. The third-order valence-electron chi connectivity index (χ3n) is 6.40. The van der Waals surface area contributed by atoms with Gasteiger partial charge in [-0.25, -0.2) is 0 Å². The van der Waals surface area contributed by atoms with Crippen LogP contribution in [0.4, 0.5) is 0 Å². The molecule has 30 heavy (non-hydrogen) atoms. The number of nitrogens with one attached hydrogen (secondary N) is 3. The topological polar surface area (TPSA) is 84.2 Å². The maximum absolute atomic E-state index is 13.0. The molecule has 1 saturated heterocycles. The van der Waals surface area contributed by atoms with E-state index in [1.165, 1.54) is 12.8 Å². The molecule has 1 aromatic carbocycles. The predicted molar refractivity (Wildman–Crippen MR) is 119 cm³/mol. The van der Waals surface area contributed by atoms with Crippen LogP contribution in [0.3, 0.4) is 0 Å². The molecule has 1 aliphatic carbocycles. The SMILES string of the molecule is Cc1[nH]c2c(c1C(=O)NCCN1CCCC1)CCC=C2c1c(O)[nH]c2ccccc12. The Labute approximate surface area is 176 Å². The average molecular weight is 405 g/mol. The van der Waals surface area contributed by atoms with Crippen molar-refractivity contribution in [2.75, 3.05) is 26.2 Å². The van der Waals surface area contributed by atoms with Crippen LogP contribution in [-0.4, -0.2) is 52.1 Å². The normalized spacial score (nSPS) is 16.6. The summed E-state index contributed by atoms with van der Waals surface area (Å²) in [5.41, 5.74) is 6.30. The van der Waals surface area contributed by atoms with E-state index < -0.39 is 0 Å². The van der Waals surface area contributed by atoms with Crippen molar-refractivity contribution in [3.05, 3.63) is 58.4 Å². The highest BCUT2D eigenvalue weighted by Gasteiger charge is 2.28. The van der Waals surface area contributed by atoms with Crippen molar-refractivity contribution in [2.45, 2.75) is 32.6 Å². The molecule has 6 nitrogen and oxygen atoms in total. The van der Waals surface area contributed by atoms with Gasteiger partial charge in [-0.1, -0.05) is 24.3 Å². The van der Waals surface area contributed by atoms with Crippen LogP contribution in [0.1, 0.15) is 52.1 Å². The maximum atomic E-state index is 13.0. The Morgan fingerprint density at radius 3 is 2.83 bits per heavy atom. The lowest BCUT2D eigenvalue weighted by Gasteiger charge is -2.17. The molecule has 3 aromatic rings. The van der Waals surface area contributed by atoms with Gasteiger partial charge >= 0.3 is 0 Å². The molecule has 2 aromatic heterocycles. The second-order valence-electron chi connectivity index (χ2n) is 8.33. The number of amides is 1. The van der Waals surface area contributed by atoms with Gasteiger partial charge in [0.05, 0.1) is 16.8 Å². The van der Waals surface area contributed by atoms with Crippen molar-refractivity contribution in [3.8, 4) is 5.88 Å². The van der Waals surface area contributed by atoms with Gasteiger partial charge in [-0.2, -0.15) is 0 Å². The summed E-state index contributed by atoms with van der Waals surface area (Å²) < 4.78 is 0. The van der Waals surface area contributed by atoms with E-state index in [2.05, 4.69) is 26.3 Å². The Bertz CT molecular complexity index is 1130. The monoisotopic (exact) mass is 404 g/mol. The smallest absolute Gasteiger partial charge is 0.253 e. The zero-order valence-electron chi connectivity index (χ0n) is 17.3. The highest BCUT2D eigenvalue weighted by Crippen LogP contribution is 2.41. The molecule has 0 spiro atoms. The van der Waals surface area contributed by atoms with E-state index in [9.17, 15) is 9.90 Å². The number of benzene rings is 1. The average Bonchev–Trinajstić information content (AvgIpc) is 3.44. The molecule has 2 aliphatic rings. The van der Waals surface area contributed by atoms with Crippen LogP contribution in [0.15, 0.2) is 30.3 Å². The first kappa shape index (κ1) is 19.0. The molecule has 0 bridgehead atoms. The molecule has 0 saturated carbocycles. The summed E-state index contributed by atoms with van der Waals surface area (Å²) in [6.45, 7) is 5.81. The van der Waals surface area contributed by atoms with Crippen molar-refractivity contribution >= 4 is 22.4 Å². The summed E-state index contributed by atoms with van der Waals surface area (Å²) in [6, 6.07) is 7.90. The van der Waals surface area contributed by atoms with E-state index in [0.717, 1.165) is 77.0 Å². The Hall–Kier alpha value is -2.99. The number of aromatic nitrogens is 2. The van der Waals surface area contributed by atoms with Crippen LogP contribution >= 0.6 is 0 Å². The molecule has 6 heteroatoms. The van der Waals surface area contributed by atoms with Gasteiger partial charge in [0.2, 0.25) is 0 Å². The predicted octanol–water partition coefficient (Wildman–Crippen LogP) is 3.71. The van der Waals surface area contributed by atoms with E-state index in [0.29, 0.717) is 6.54 Å². The van der Waals surface area contributed by atoms with Gasteiger partial charge in [0.1, 0.15) is 0 Å². The molecule has 0 atom stereocenters. The molecule has 156 valence electrons. The number of carbonyl (C=O) groups is 1. The second-order valence-corrected chi connectivity index (χ2v) is 8.33. The van der Waals surface area contributed by atoms with Crippen LogP contribution < -0.4 is 5.32 Å². The number of carbonyl (C=O) groups excluding carboxylic acids is 1. The maximum Gasteiger partial charge on any atom is 0.253 e. The number of hydrogen-bond donors (Lipinski definition) is 4. The Balaban J connectivity index is 1.44. The van der Waals surface area contributed by atoms with Crippen molar-refractivity contribution in [2.24, 2.45) is 0 Å². The van der Waals surface area contributed by atoms with Gasteiger partial charge < -0.3 is 25.3 Å². The van der Waals surface area contributed by atoms with Crippen molar-refractivity contribution in [1.29, 1.82) is 0 Å². The van der Waals surface area contributed by atoms with E-state index in [4.69, 9.17) is 0 Å². The molecule has 0 unspecified atom stereocenters. The number of aromatic amines is 2. The van der Waals surface area contributed by atoms with Gasteiger partial charge in [0, 0.05) is 35.3 Å². The lowest BCUT2D eigenvalue weighted by molar-refractivity contribution is 0.0948. The highest BCUT2D eigenvalue weighted by molar-refractivity contribution is 6.03. The fraction of sp³-hybridized carbons (Fsp3) is 0.375. The Morgan fingerprint density at radius 1 is 1.20 bits per heavy atom. The standard InChI is InChI=1S/C24H28N4O2/c1-15-20(23(29)25-11-14-28-12-4-5-13-28)17-8-6-9-18(22(17)26-15)21-16-7-2-3-10-19(16)27-24(21)30/h2-3,7,9-10,26-27,30H,4-6,8,11-14H2,1H3,(H,25,29). The number of nitrogens with zero attached hydrogens (tertiary/aromatic N) is 1. The van der Waals surface area contributed by atoms with Crippen molar-refractivity contribution in [3.63, 3.8) is 0 Å². The van der Waals surface area contributed by atoms with Crippen LogP contribution in [0.25, 0.3) is 16.5 Å². The molecular weight excluding hydrogens is 376 g/mol. The summed E-state index contributed by atoms with van der Waals surface area (Å²) in [7, 11) is 0. The molecule has 5 rings (SSSR count). The number of rotatable bonds is 5. The number of hydrogen-bond acceptors (Lipinski definition) is 3. The minimum absolute atomic E-state index is 0.00593. The highest BCUT2D eigenvalue weighted by atomic mass is 16.3. The minimum atomic E-state index is -0.00593. The molecule has 1 fully saturated rings. The first-order chi connectivity index (χ1) is 14.6. The molecule has 1 aliphatic heterocycles. The molecule has 4 N–H and O–H groups in total. The van der Waals surface area contributed by atoms with Gasteiger partial charge in [-0.15, -0.1) is 0 Å².